The lowest BCUT2D eigenvalue weighted by atomic mass is 10.1. The van der Waals surface area contributed by atoms with E-state index in [4.69, 9.17) is 12.2 Å². The van der Waals surface area contributed by atoms with Crippen LogP contribution in [-0.2, 0) is 6.42 Å². The maximum atomic E-state index is 5.29. The summed E-state index contributed by atoms with van der Waals surface area (Å²) in [6, 6.07) is 10.5. The number of nitrogens with one attached hydrogen (secondary N) is 2. The SMILES string of the molecule is S=C(NCCc1ccccc1)NN1CCCCC1. The fraction of sp³-hybridized carbons (Fsp3) is 0.500. The average Bonchev–Trinajstić information content (AvgIpc) is 2.41. The third-order valence-corrected chi connectivity index (χ3v) is 3.39. The molecular weight excluding hydrogens is 242 g/mol. The van der Waals surface area contributed by atoms with E-state index in [1.165, 1.54) is 24.8 Å². The summed E-state index contributed by atoms with van der Waals surface area (Å²) in [5, 5.41) is 6.21. The molecule has 1 saturated heterocycles. The molecule has 0 amide bonds. The van der Waals surface area contributed by atoms with Gasteiger partial charge in [0.15, 0.2) is 5.11 Å². The smallest absolute Gasteiger partial charge is 0.181 e. The molecule has 0 aromatic heterocycles. The molecule has 3 nitrogen and oxygen atoms in total. The predicted octanol–water partition coefficient (Wildman–Crippen LogP) is 2.09. The van der Waals surface area contributed by atoms with Crippen molar-refractivity contribution in [3.05, 3.63) is 35.9 Å². The minimum Gasteiger partial charge on any atom is -0.361 e. The molecule has 1 heterocycles. The zero-order valence-electron chi connectivity index (χ0n) is 10.7. The fourth-order valence-electron chi connectivity index (χ4n) is 2.15. The molecule has 1 aliphatic heterocycles. The van der Waals surface area contributed by atoms with E-state index in [-0.39, 0.29) is 0 Å². The van der Waals surface area contributed by atoms with Gasteiger partial charge in [0.05, 0.1) is 0 Å². The maximum absolute atomic E-state index is 5.29. The number of hydrogen-bond donors (Lipinski definition) is 2. The van der Waals surface area contributed by atoms with Crippen molar-refractivity contribution in [3.63, 3.8) is 0 Å². The maximum Gasteiger partial charge on any atom is 0.181 e. The molecule has 0 radical (unpaired) electrons. The standard InChI is InChI=1S/C14H21N3S/c18-14(16-17-11-5-2-6-12-17)15-10-9-13-7-3-1-4-8-13/h1,3-4,7-8H,2,5-6,9-12H2,(H2,15,16,18). The van der Waals surface area contributed by atoms with E-state index in [0.29, 0.717) is 0 Å². The van der Waals surface area contributed by atoms with Crippen LogP contribution in [0.4, 0.5) is 0 Å². The van der Waals surface area contributed by atoms with Crippen LogP contribution in [0.2, 0.25) is 0 Å². The Balaban J connectivity index is 1.62. The van der Waals surface area contributed by atoms with Gasteiger partial charge in [0, 0.05) is 19.6 Å². The number of benzene rings is 1. The van der Waals surface area contributed by atoms with Gasteiger partial charge in [0.2, 0.25) is 0 Å². The Morgan fingerprint density at radius 1 is 1.11 bits per heavy atom. The van der Waals surface area contributed by atoms with Crippen molar-refractivity contribution in [3.8, 4) is 0 Å². The van der Waals surface area contributed by atoms with Gasteiger partial charge in [-0.15, -0.1) is 0 Å². The summed E-state index contributed by atoms with van der Waals surface area (Å²) in [5.41, 5.74) is 4.60. The van der Waals surface area contributed by atoms with E-state index in [1.807, 2.05) is 6.07 Å². The summed E-state index contributed by atoms with van der Waals surface area (Å²) >= 11 is 5.29. The monoisotopic (exact) mass is 263 g/mol. The van der Waals surface area contributed by atoms with Gasteiger partial charge in [-0.3, -0.25) is 5.43 Å². The molecule has 4 heteroatoms. The summed E-state index contributed by atoms with van der Waals surface area (Å²) in [7, 11) is 0. The van der Waals surface area contributed by atoms with E-state index in [1.54, 1.807) is 0 Å². The van der Waals surface area contributed by atoms with Gasteiger partial charge in [0.1, 0.15) is 0 Å². The van der Waals surface area contributed by atoms with Gasteiger partial charge in [-0.25, -0.2) is 5.01 Å². The second-order valence-corrected chi connectivity index (χ2v) is 5.06. The molecule has 0 bridgehead atoms. The predicted molar refractivity (Wildman–Crippen MR) is 79.3 cm³/mol. The highest BCUT2D eigenvalue weighted by Gasteiger charge is 2.10. The van der Waals surface area contributed by atoms with Crippen LogP contribution in [0.5, 0.6) is 0 Å². The van der Waals surface area contributed by atoms with Gasteiger partial charge in [-0.2, -0.15) is 0 Å². The lowest BCUT2D eigenvalue weighted by molar-refractivity contribution is 0.193. The van der Waals surface area contributed by atoms with Gasteiger partial charge in [0.25, 0.3) is 0 Å². The van der Waals surface area contributed by atoms with Crippen molar-refractivity contribution in [1.82, 2.24) is 15.8 Å². The van der Waals surface area contributed by atoms with Gasteiger partial charge >= 0.3 is 0 Å². The highest BCUT2D eigenvalue weighted by molar-refractivity contribution is 7.80. The van der Waals surface area contributed by atoms with Crippen LogP contribution in [-0.4, -0.2) is 29.8 Å². The third kappa shape index (κ3) is 4.63. The quantitative estimate of drug-likeness (QED) is 0.814. The molecule has 1 fully saturated rings. The van der Waals surface area contributed by atoms with Crippen LogP contribution < -0.4 is 10.7 Å². The first-order chi connectivity index (χ1) is 8.84. The Hall–Kier alpha value is -1.13. The van der Waals surface area contributed by atoms with E-state index >= 15 is 0 Å². The Morgan fingerprint density at radius 2 is 1.83 bits per heavy atom. The largest absolute Gasteiger partial charge is 0.361 e. The molecule has 2 N–H and O–H groups in total. The first-order valence-electron chi connectivity index (χ1n) is 6.68. The first kappa shape index (κ1) is 13.3. The van der Waals surface area contributed by atoms with E-state index in [0.717, 1.165) is 31.2 Å². The van der Waals surface area contributed by atoms with Crippen molar-refractivity contribution in [1.29, 1.82) is 0 Å². The Labute approximate surface area is 115 Å². The minimum absolute atomic E-state index is 0.743. The topological polar surface area (TPSA) is 27.3 Å². The molecule has 1 aromatic carbocycles. The first-order valence-corrected chi connectivity index (χ1v) is 7.09. The van der Waals surface area contributed by atoms with Gasteiger partial charge in [-0.1, -0.05) is 36.8 Å². The molecule has 0 spiro atoms. The van der Waals surface area contributed by atoms with E-state index in [9.17, 15) is 0 Å². The molecule has 0 unspecified atom stereocenters. The molecule has 0 atom stereocenters. The molecule has 0 saturated carbocycles. The van der Waals surface area contributed by atoms with Gasteiger partial charge < -0.3 is 5.32 Å². The molecule has 98 valence electrons. The summed E-state index contributed by atoms with van der Waals surface area (Å²) in [6.45, 7) is 3.07. The molecule has 2 rings (SSSR count). The second-order valence-electron chi connectivity index (χ2n) is 4.65. The lowest BCUT2D eigenvalue weighted by Gasteiger charge is -2.28. The van der Waals surface area contributed by atoms with Crippen molar-refractivity contribution in [2.75, 3.05) is 19.6 Å². The second kappa shape index (κ2) is 7.34. The summed E-state index contributed by atoms with van der Waals surface area (Å²) in [4.78, 5) is 0. The molecular formula is C14H21N3S. The zero-order valence-corrected chi connectivity index (χ0v) is 11.5. The number of piperidine rings is 1. The average molecular weight is 263 g/mol. The highest BCUT2D eigenvalue weighted by Crippen LogP contribution is 2.05. The number of nitrogens with zero attached hydrogens (tertiary/aromatic N) is 1. The lowest BCUT2D eigenvalue weighted by Crippen LogP contribution is -2.49. The number of rotatable bonds is 4. The number of hydrogen-bond acceptors (Lipinski definition) is 2. The van der Waals surface area contributed by atoms with Crippen molar-refractivity contribution in [2.24, 2.45) is 0 Å². The summed E-state index contributed by atoms with van der Waals surface area (Å²) in [5.74, 6) is 0. The summed E-state index contributed by atoms with van der Waals surface area (Å²) < 4.78 is 0. The van der Waals surface area contributed by atoms with Crippen LogP contribution >= 0.6 is 12.2 Å². The summed E-state index contributed by atoms with van der Waals surface area (Å²) in [6.07, 6.45) is 4.87. The van der Waals surface area contributed by atoms with Crippen LogP contribution in [0.3, 0.4) is 0 Å². The Morgan fingerprint density at radius 3 is 2.56 bits per heavy atom. The highest BCUT2D eigenvalue weighted by atomic mass is 32.1. The molecule has 0 aliphatic carbocycles. The molecule has 1 aliphatic rings. The van der Waals surface area contributed by atoms with Crippen LogP contribution in [0.25, 0.3) is 0 Å². The van der Waals surface area contributed by atoms with Crippen LogP contribution in [0.1, 0.15) is 24.8 Å². The zero-order chi connectivity index (χ0) is 12.6. The third-order valence-electron chi connectivity index (χ3n) is 3.16. The van der Waals surface area contributed by atoms with Crippen molar-refractivity contribution in [2.45, 2.75) is 25.7 Å². The van der Waals surface area contributed by atoms with E-state index < -0.39 is 0 Å². The number of thiocarbonyl (C=S) groups is 1. The molecule has 1 aromatic rings. The Bertz CT molecular complexity index is 361. The van der Waals surface area contributed by atoms with Gasteiger partial charge in [-0.05, 0) is 37.0 Å². The molecule has 18 heavy (non-hydrogen) atoms. The minimum atomic E-state index is 0.743. The number of hydrazine groups is 1. The van der Waals surface area contributed by atoms with Crippen LogP contribution in [0.15, 0.2) is 30.3 Å². The normalized spacial score (nSPS) is 16.2. The van der Waals surface area contributed by atoms with Crippen LogP contribution in [0, 0.1) is 0 Å². The van der Waals surface area contributed by atoms with Crippen molar-refractivity contribution >= 4 is 17.3 Å². The Kier molecular flexibility index (Phi) is 5.42. The fourth-order valence-corrected chi connectivity index (χ4v) is 2.39. The van der Waals surface area contributed by atoms with Crippen molar-refractivity contribution < 1.29 is 0 Å². The van der Waals surface area contributed by atoms with E-state index in [2.05, 4.69) is 40.0 Å².